The summed E-state index contributed by atoms with van der Waals surface area (Å²) in [6, 6.07) is 10.1. The molecule has 0 saturated carbocycles. The molecule has 23 heavy (non-hydrogen) atoms. The van der Waals surface area contributed by atoms with Crippen molar-refractivity contribution in [3.05, 3.63) is 42.4 Å². The van der Waals surface area contributed by atoms with Gasteiger partial charge >= 0.3 is 0 Å². The zero-order valence-electron chi connectivity index (χ0n) is 12.7. The summed E-state index contributed by atoms with van der Waals surface area (Å²) in [6.07, 6.45) is 3.60. The SMILES string of the molecule is COCc1cccc(Nc2ncnc3c2cnn3CCC#N)c1. The molecule has 0 atom stereocenters. The molecule has 0 saturated heterocycles. The van der Waals surface area contributed by atoms with Gasteiger partial charge in [-0.15, -0.1) is 0 Å². The van der Waals surface area contributed by atoms with Crippen LogP contribution in [0.5, 0.6) is 0 Å². The van der Waals surface area contributed by atoms with E-state index in [-0.39, 0.29) is 0 Å². The molecule has 0 fully saturated rings. The average Bonchev–Trinajstić information content (AvgIpc) is 2.98. The maximum Gasteiger partial charge on any atom is 0.163 e. The molecular formula is C16H16N6O. The number of methoxy groups -OCH3 is 1. The van der Waals surface area contributed by atoms with E-state index in [4.69, 9.17) is 10.00 Å². The lowest BCUT2D eigenvalue weighted by molar-refractivity contribution is 0.185. The van der Waals surface area contributed by atoms with Crippen LogP contribution in [0.3, 0.4) is 0 Å². The van der Waals surface area contributed by atoms with Gasteiger partial charge in [-0.3, -0.25) is 0 Å². The Bertz CT molecular complexity index is 851. The van der Waals surface area contributed by atoms with Gasteiger partial charge in [0.2, 0.25) is 0 Å². The first kappa shape index (κ1) is 14.9. The molecule has 3 rings (SSSR count). The molecule has 0 aliphatic rings. The average molecular weight is 308 g/mol. The molecule has 0 amide bonds. The Balaban J connectivity index is 1.90. The molecule has 7 heteroatoms. The van der Waals surface area contributed by atoms with Crippen LogP contribution < -0.4 is 5.32 Å². The highest BCUT2D eigenvalue weighted by Gasteiger charge is 2.10. The fourth-order valence-electron chi connectivity index (χ4n) is 2.35. The number of hydrogen-bond acceptors (Lipinski definition) is 6. The Morgan fingerprint density at radius 2 is 2.26 bits per heavy atom. The molecule has 0 spiro atoms. The van der Waals surface area contributed by atoms with Crippen LogP contribution >= 0.6 is 0 Å². The molecule has 0 radical (unpaired) electrons. The van der Waals surface area contributed by atoms with Crippen molar-refractivity contribution in [3.63, 3.8) is 0 Å². The zero-order chi connectivity index (χ0) is 16.1. The minimum Gasteiger partial charge on any atom is -0.380 e. The third-order valence-corrected chi connectivity index (χ3v) is 3.37. The third kappa shape index (κ3) is 3.27. The molecule has 0 aliphatic heterocycles. The molecule has 0 aliphatic carbocycles. The highest BCUT2D eigenvalue weighted by atomic mass is 16.5. The monoisotopic (exact) mass is 308 g/mol. The van der Waals surface area contributed by atoms with Crippen LogP contribution in [0.15, 0.2) is 36.8 Å². The van der Waals surface area contributed by atoms with E-state index < -0.39 is 0 Å². The van der Waals surface area contributed by atoms with Gasteiger partial charge in [0.1, 0.15) is 12.1 Å². The number of fused-ring (bicyclic) bond motifs is 1. The van der Waals surface area contributed by atoms with E-state index in [2.05, 4.69) is 26.5 Å². The van der Waals surface area contributed by atoms with E-state index in [0.29, 0.717) is 31.0 Å². The summed E-state index contributed by atoms with van der Waals surface area (Å²) in [6.45, 7) is 1.07. The first-order valence-electron chi connectivity index (χ1n) is 7.20. The van der Waals surface area contributed by atoms with Crippen molar-refractivity contribution in [1.82, 2.24) is 19.7 Å². The Hall–Kier alpha value is -2.98. The second-order valence-electron chi connectivity index (χ2n) is 4.99. The molecule has 7 nitrogen and oxygen atoms in total. The standard InChI is InChI=1S/C16H16N6O/c1-23-10-12-4-2-5-13(8-12)21-15-14-9-20-22(7-3-6-17)16(14)19-11-18-15/h2,4-5,8-9,11H,3,7,10H2,1H3,(H,18,19,21). The van der Waals surface area contributed by atoms with Gasteiger partial charge in [0.15, 0.2) is 5.65 Å². The first-order chi connectivity index (χ1) is 11.3. The van der Waals surface area contributed by atoms with Crippen LogP contribution in [0.2, 0.25) is 0 Å². The Morgan fingerprint density at radius 3 is 3.09 bits per heavy atom. The lowest BCUT2D eigenvalue weighted by Crippen LogP contribution is -2.01. The predicted octanol–water partition coefficient (Wildman–Crippen LogP) is 2.63. The number of nitriles is 1. The topological polar surface area (TPSA) is 88.7 Å². The highest BCUT2D eigenvalue weighted by molar-refractivity contribution is 5.88. The number of benzene rings is 1. The number of aromatic nitrogens is 4. The number of hydrogen-bond donors (Lipinski definition) is 1. The lowest BCUT2D eigenvalue weighted by atomic mass is 10.2. The van der Waals surface area contributed by atoms with Crippen LogP contribution in [0.4, 0.5) is 11.5 Å². The normalized spacial score (nSPS) is 10.6. The first-order valence-corrected chi connectivity index (χ1v) is 7.20. The summed E-state index contributed by atoms with van der Waals surface area (Å²) in [4.78, 5) is 8.56. The number of ether oxygens (including phenoxy) is 1. The number of anilines is 2. The molecular weight excluding hydrogens is 292 g/mol. The van der Waals surface area contributed by atoms with Crippen molar-refractivity contribution in [3.8, 4) is 6.07 Å². The fourth-order valence-corrected chi connectivity index (χ4v) is 2.35. The van der Waals surface area contributed by atoms with Gasteiger partial charge in [-0.25, -0.2) is 14.6 Å². The maximum absolute atomic E-state index is 8.71. The Labute approximate surface area is 133 Å². The van der Waals surface area contributed by atoms with Gasteiger partial charge in [0.05, 0.1) is 37.2 Å². The molecule has 1 N–H and O–H groups in total. The summed E-state index contributed by atoms with van der Waals surface area (Å²) in [5.74, 6) is 0.688. The van der Waals surface area contributed by atoms with E-state index in [1.165, 1.54) is 6.33 Å². The maximum atomic E-state index is 8.71. The number of aryl methyl sites for hydroxylation is 1. The van der Waals surface area contributed by atoms with Gasteiger partial charge in [-0.05, 0) is 17.7 Å². The van der Waals surface area contributed by atoms with E-state index in [9.17, 15) is 0 Å². The van der Waals surface area contributed by atoms with Gasteiger partial charge in [-0.1, -0.05) is 12.1 Å². The van der Waals surface area contributed by atoms with Crippen molar-refractivity contribution >= 4 is 22.5 Å². The van der Waals surface area contributed by atoms with Crippen LogP contribution in [-0.2, 0) is 17.9 Å². The molecule has 2 aromatic heterocycles. The largest absolute Gasteiger partial charge is 0.380 e. The Morgan fingerprint density at radius 1 is 1.35 bits per heavy atom. The van der Waals surface area contributed by atoms with Crippen molar-refractivity contribution in [2.75, 3.05) is 12.4 Å². The fraction of sp³-hybridized carbons (Fsp3) is 0.250. The molecule has 0 bridgehead atoms. The Kier molecular flexibility index (Phi) is 4.45. The van der Waals surface area contributed by atoms with Gasteiger partial charge in [0, 0.05) is 12.8 Å². The van der Waals surface area contributed by atoms with Gasteiger partial charge in [-0.2, -0.15) is 10.4 Å². The van der Waals surface area contributed by atoms with Crippen molar-refractivity contribution < 1.29 is 4.74 Å². The number of nitrogens with zero attached hydrogens (tertiary/aromatic N) is 5. The smallest absolute Gasteiger partial charge is 0.163 e. The van der Waals surface area contributed by atoms with Gasteiger partial charge in [0.25, 0.3) is 0 Å². The zero-order valence-corrected chi connectivity index (χ0v) is 12.7. The van der Waals surface area contributed by atoms with Crippen LogP contribution in [-0.4, -0.2) is 26.9 Å². The summed E-state index contributed by atoms with van der Waals surface area (Å²) in [5, 5.41) is 17.1. The summed E-state index contributed by atoms with van der Waals surface area (Å²) in [5.41, 5.74) is 2.71. The van der Waals surface area contributed by atoms with Gasteiger partial charge < -0.3 is 10.1 Å². The van der Waals surface area contributed by atoms with E-state index in [0.717, 1.165) is 16.6 Å². The van der Waals surface area contributed by atoms with E-state index in [1.54, 1.807) is 18.0 Å². The number of nitrogens with one attached hydrogen (secondary N) is 1. The minimum atomic E-state index is 0.391. The van der Waals surface area contributed by atoms with Crippen LogP contribution in [0.25, 0.3) is 11.0 Å². The molecule has 1 aromatic carbocycles. The van der Waals surface area contributed by atoms with Crippen molar-refractivity contribution in [1.29, 1.82) is 5.26 Å². The van der Waals surface area contributed by atoms with Crippen LogP contribution in [0.1, 0.15) is 12.0 Å². The third-order valence-electron chi connectivity index (χ3n) is 3.37. The molecule has 116 valence electrons. The molecule has 0 unspecified atom stereocenters. The second kappa shape index (κ2) is 6.85. The quantitative estimate of drug-likeness (QED) is 0.753. The van der Waals surface area contributed by atoms with E-state index in [1.807, 2.05) is 24.3 Å². The van der Waals surface area contributed by atoms with Crippen molar-refractivity contribution in [2.24, 2.45) is 0 Å². The van der Waals surface area contributed by atoms with E-state index >= 15 is 0 Å². The predicted molar refractivity (Wildman–Crippen MR) is 86.0 cm³/mol. The molecule has 3 aromatic rings. The van der Waals surface area contributed by atoms with Crippen molar-refractivity contribution in [2.45, 2.75) is 19.6 Å². The molecule has 2 heterocycles. The number of rotatable bonds is 6. The minimum absolute atomic E-state index is 0.391. The van der Waals surface area contributed by atoms with Crippen LogP contribution in [0, 0.1) is 11.3 Å². The summed E-state index contributed by atoms with van der Waals surface area (Å²) >= 11 is 0. The highest BCUT2D eigenvalue weighted by Crippen LogP contribution is 2.23. The second-order valence-corrected chi connectivity index (χ2v) is 4.99. The lowest BCUT2D eigenvalue weighted by Gasteiger charge is -2.08. The summed E-state index contributed by atoms with van der Waals surface area (Å²) < 4.78 is 6.87. The summed E-state index contributed by atoms with van der Waals surface area (Å²) in [7, 11) is 1.67.